The second-order valence-electron chi connectivity index (χ2n) is 11.3. The van der Waals surface area contributed by atoms with Gasteiger partial charge < -0.3 is 15.4 Å². The molecule has 1 spiro atoms. The van der Waals surface area contributed by atoms with Crippen LogP contribution in [0.2, 0.25) is 0 Å². The fraction of sp³-hybridized carbons (Fsp3) is 0.517. The van der Waals surface area contributed by atoms with E-state index in [9.17, 15) is 9.59 Å². The van der Waals surface area contributed by atoms with E-state index >= 15 is 0 Å². The Kier molecular flexibility index (Phi) is 6.22. The van der Waals surface area contributed by atoms with Gasteiger partial charge in [-0.15, -0.1) is 0 Å². The summed E-state index contributed by atoms with van der Waals surface area (Å²) in [4.78, 5) is 31.1. The van der Waals surface area contributed by atoms with Crippen LogP contribution in [0.4, 0.5) is 5.69 Å². The van der Waals surface area contributed by atoms with Crippen molar-refractivity contribution in [2.75, 3.05) is 24.5 Å². The molecule has 2 unspecified atom stereocenters. The molecule has 2 heterocycles. The van der Waals surface area contributed by atoms with Crippen molar-refractivity contribution in [2.45, 2.75) is 70.1 Å². The number of aryl methyl sites for hydroxylation is 1. The minimum absolute atomic E-state index is 0.187. The van der Waals surface area contributed by atoms with Crippen molar-refractivity contribution < 1.29 is 14.3 Å². The predicted molar refractivity (Wildman–Crippen MR) is 137 cm³/mol. The highest BCUT2D eigenvalue weighted by molar-refractivity contribution is 6.07. The first-order valence-electron chi connectivity index (χ1n) is 12.9. The Balaban J connectivity index is 1.36. The molecule has 5 rings (SSSR count). The first-order chi connectivity index (χ1) is 16.7. The zero-order valence-corrected chi connectivity index (χ0v) is 21.1. The minimum atomic E-state index is -1.06. The van der Waals surface area contributed by atoms with Crippen molar-refractivity contribution in [1.82, 2.24) is 4.90 Å². The maximum atomic E-state index is 13.9. The van der Waals surface area contributed by atoms with Crippen molar-refractivity contribution in [3.8, 4) is 0 Å². The van der Waals surface area contributed by atoms with E-state index < -0.39 is 23.7 Å². The molecule has 0 bridgehead atoms. The molecule has 0 saturated carbocycles. The molecule has 0 radical (unpaired) electrons. The number of ether oxygens (including phenoxy) is 1. The molecule has 2 atom stereocenters. The Morgan fingerprint density at radius 2 is 1.57 bits per heavy atom. The number of amides is 1. The summed E-state index contributed by atoms with van der Waals surface area (Å²) < 4.78 is 5.73. The zero-order valence-electron chi connectivity index (χ0n) is 21.1. The number of carbonyl (C=O) groups is 2. The Hall–Kier alpha value is -2.70. The molecule has 35 heavy (non-hydrogen) atoms. The number of hydrogen-bond acceptors (Lipinski definition) is 5. The van der Waals surface area contributed by atoms with Gasteiger partial charge in [-0.25, -0.2) is 0 Å². The molecular formula is C29H37N3O3. The lowest BCUT2D eigenvalue weighted by atomic mass is 9.73. The van der Waals surface area contributed by atoms with Crippen LogP contribution in [0.15, 0.2) is 48.5 Å². The largest absolute Gasteiger partial charge is 0.459 e. The van der Waals surface area contributed by atoms with Gasteiger partial charge in [-0.3, -0.25) is 14.5 Å². The quantitative estimate of drug-likeness (QED) is 0.538. The molecule has 1 fully saturated rings. The molecule has 6 nitrogen and oxygen atoms in total. The number of esters is 1. The molecule has 2 aromatic carbocycles. The van der Waals surface area contributed by atoms with Crippen LogP contribution in [-0.4, -0.2) is 48.2 Å². The van der Waals surface area contributed by atoms with Crippen molar-refractivity contribution in [3.05, 3.63) is 65.2 Å². The lowest BCUT2D eigenvalue weighted by molar-refractivity contribution is -0.165. The van der Waals surface area contributed by atoms with Crippen LogP contribution >= 0.6 is 0 Å². The molecule has 3 aliphatic rings. The van der Waals surface area contributed by atoms with Gasteiger partial charge in [0.05, 0.1) is 6.17 Å². The lowest BCUT2D eigenvalue weighted by Gasteiger charge is -2.44. The summed E-state index contributed by atoms with van der Waals surface area (Å²) in [5, 5.41) is 0. The number of benzene rings is 2. The molecular weight excluding hydrogens is 438 g/mol. The Morgan fingerprint density at radius 3 is 2.29 bits per heavy atom. The summed E-state index contributed by atoms with van der Waals surface area (Å²) in [5.41, 5.74) is 11.2. The standard InChI is InChI=1S/C29H37N3O3/c1-28(2,3)35-27(34)24(26(33)32-17-13-21-9-5-7-11-23(21)32)25(30)31-18-15-29(16-19-31)14-12-20-8-4-6-10-22(20)29/h4-11,24-25H,12-19,30H2,1-3H3. The topological polar surface area (TPSA) is 75.9 Å². The van der Waals surface area contributed by atoms with Gasteiger partial charge in [0.25, 0.3) is 0 Å². The van der Waals surface area contributed by atoms with Crippen LogP contribution < -0.4 is 10.6 Å². The van der Waals surface area contributed by atoms with Crippen molar-refractivity contribution in [2.24, 2.45) is 11.7 Å². The fourth-order valence-electron chi connectivity index (χ4n) is 6.23. The van der Waals surface area contributed by atoms with Gasteiger partial charge in [-0.1, -0.05) is 42.5 Å². The number of para-hydroxylation sites is 1. The highest BCUT2D eigenvalue weighted by Gasteiger charge is 2.46. The first kappa shape index (κ1) is 24.0. The summed E-state index contributed by atoms with van der Waals surface area (Å²) in [5.74, 6) is -1.86. The third-order valence-electron chi connectivity index (χ3n) is 8.06. The maximum absolute atomic E-state index is 13.9. The number of hydrogen-bond donors (Lipinski definition) is 1. The second-order valence-corrected chi connectivity index (χ2v) is 11.3. The predicted octanol–water partition coefficient (Wildman–Crippen LogP) is 3.80. The molecule has 2 aliphatic heterocycles. The number of anilines is 1. The van der Waals surface area contributed by atoms with Gasteiger partial charge in [0.2, 0.25) is 5.91 Å². The van der Waals surface area contributed by atoms with E-state index in [2.05, 4.69) is 29.2 Å². The Morgan fingerprint density at radius 1 is 0.914 bits per heavy atom. The monoisotopic (exact) mass is 475 g/mol. The number of nitrogens with two attached hydrogens (primary N) is 1. The Labute approximate surface area is 208 Å². The highest BCUT2D eigenvalue weighted by atomic mass is 16.6. The van der Waals surface area contributed by atoms with E-state index in [1.165, 1.54) is 11.1 Å². The van der Waals surface area contributed by atoms with Gasteiger partial charge >= 0.3 is 5.97 Å². The molecule has 6 heteroatoms. The van der Waals surface area contributed by atoms with E-state index in [4.69, 9.17) is 10.5 Å². The number of carbonyl (C=O) groups excluding carboxylic acids is 2. The molecule has 1 saturated heterocycles. The second kappa shape index (κ2) is 9.07. The van der Waals surface area contributed by atoms with Crippen molar-refractivity contribution in [3.63, 3.8) is 0 Å². The molecule has 1 amide bonds. The van der Waals surface area contributed by atoms with E-state index in [1.807, 2.05) is 45.0 Å². The number of piperidine rings is 1. The number of fused-ring (bicyclic) bond motifs is 3. The van der Waals surface area contributed by atoms with Crippen LogP contribution in [-0.2, 0) is 32.6 Å². The molecule has 2 N–H and O–H groups in total. The first-order valence-corrected chi connectivity index (χ1v) is 12.9. The highest BCUT2D eigenvalue weighted by Crippen LogP contribution is 2.46. The lowest BCUT2D eigenvalue weighted by Crippen LogP contribution is -2.59. The van der Waals surface area contributed by atoms with E-state index in [1.54, 1.807) is 4.90 Å². The van der Waals surface area contributed by atoms with Gasteiger partial charge in [-0.2, -0.15) is 0 Å². The van der Waals surface area contributed by atoms with Crippen LogP contribution in [0.1, 0.15) is 56.7 Å². The van der Waals surface area contributed by atoms with Crippen LogP contribution in [0.25, 0.3) is 0 Å². The summed E-state index contributed by atoms with van der Waals surface area (Å²) in [6.45, 7) is 7.56. The summed E-state index contributed by atoms with van der Waals surface area (Å²) in [6, 6.07) is 16.7. The summed E-state index contributed by atoms with van der Waals surface area (Å²) in [7, 11) is 0. The third-order valence-corrected chi connectivity index (χ3v) is 8.06. The van der Waals surface area contributed by atoms with Gasteiger partial charge in [0.15, 0.2) is 5.92 Å². The number of rotatable bonds is 4. The molecule has 0 aromatic heterocycles. The average molecular weight is 476 g/mol. The molecule has 1 aliphatic carbocycles. The maximum Gasteiger partial charge on any atom is 0.322 e. The average Bonchev–Trinajstić information content (AvgIpc) is 3.41. The van der Waals surface area contributed by atoms with Crippen molar-refractivity contribution in [1.29, 1.82) is 0 Å². The van der Waals surface area contributed by atoms with Crippen molar-refractivity contribution >= 4 is 17.6 Å². The van der Waals surface area contributed by atoms with Crippen LogP contribution in [0, 0.1) is 5.92 Å². The van der Waals surface area contributed by atoms with E-state index in [0.717, 1.165) is 56.4 Å². The SMILES string of the molecule is CC(C)(C)OC(=O)C(C(=O)N1CCc2ccccc21)C(N)N1CCC2(CCc3ccccc32)CC1. The number of likely N-dealkylation sites (tertiary alicyclic amines) is 1. The summed E-state index contributed by atoms with van der Waals surface area (Å²) >= 11 is 0. The molecule has 186 valence electrons. The normalized spacial score (nSPS) is 20.9. The summed E-state index contributed by atoms with van der Waals surface area (Å²) in [6.07, 6.45) is 4.31. The third kappa shape index (κ3) is 4.50. The number of nitrogens with zero attached hydrogens (tertiary/aromatic N) is 2. The van der Waals surface area contributed by atoms with Gasteiger partial charge in [0.1, 0.15) is 5.60 Å². The zero-order chi connectivity index (χ0) is 24.8. The van der Waals surface area contributed by atoms with Crippen LogP contribution in [0.5, 0.6) is 0 Å². The van der Waals surface area contributed by atoms with Gasteiger partial charge in [-0.05, 0) is 81.0 Å². The Bertz CT molecular complexity index is 1110. The van der Waals surface area contributed by atoms with Gasteiger partial charge in [0, 0.05) is 25.3 Å². The molecule has 2 aromatic rings. The van der Waals surface area contributed by atoms with E-state index in [0.29, 0.717) is 6.54 Å². The fourth-order valence-corrected chi connectivity index (χ4v) is 6.23. The van der Waals surface area contributed by atoms with E-state index in [-0.39, 0.29) is 11.3 Å². The smallest absolute Gasteiger partial charge is 0.322 e. The minimum Gasteiger partial charge on any atom is -0.459 e. The van der Waals surface area contributed by atoms with Crippen LogP contribution in [0.3, 0.4) is 0 Å².